The molecule has 0 spiro atoms. The lowest BCUT2D eigenvalue weighted by Gasteiger charge is -2.27. The maximum Gasteiger partial charge on any atom is 0.341 e. The van der Waals surface area contributed by atoms with Gasteiger partial charge in [0, 0.05) is 12.6 Å². The number of hydrogen-bond acceptors (Lipinski definition) is 5. The Morgan fingerprint density at radius 1 is 1.33 bits per heavy atom. The Labute approximate surface area is 123 Å². The molecule has 1 aliphatic rings. The highest BCUT2D eigenvalue weighted by Crippen LogP contribution is 2.20. The van der Waals surface area contributed by atoms with E-state index < -0.39 is 11.9 Å². The molecule has 1 aromatic rings. The van der Waals surface area contributed by atoms with E-state index in [9.17, 15) is 9.59 Å². The van der Waals surface area contributed by atoms with E-state index in [0.717, 1.165) is 6.42 Å². The number of nitrogens with one attached hydrogen (secondary N) is 1. The van der Waals surface area contributed by atoms with Gasteiger partial charge < -0.3 is 19.9 Å². The number of carboxylic acids is 1. The zero-order valence-electron chi connectivity index (χ0n) is 11.9. The third-order valence-corrected chi connectivity index (χ3v) is 3.60. The molecule has 0 bridgehead atoms. The van der Waals surface area contributed by atoms with Crippen molar-refractivity contribution in [2.24, 2.45) is 5.92 Å². The number of esters is 1. The normalized spacial score (nSPS) is 21.6. The van der Waals surface area contributed by atoms with Crippen LogP contribution in [0.4, 0.5) is 0 Å². The van der Waals surface area contributed by atoms with Crippen LogP contribution < -0.4 is 10.1 Å². The van der Waals surface area contributed by atoms with Crippen molar-refractivity contribution in [2.75, 3.05) is 20.3 Å². The van der Waals surface area contributed by atoms with Crippen molar-refractivity contribution in [1.29, 1.82) is 0 Å². The zero-order valence-corrected chi connectivity index (χ0v) is 11.9. The number of ether oxygens (including phenoxy) is 2. The van der Waals surface area contributed by atoms with Gasteiger partial charge in [0.25, 0.3) is 0 Å². The average molecular weight is 293 g/mol. The molecular weight excluding hydrogens is 274 g/mol. The summed E-state index contributed by atoms with van der Waals surface area (Å²) in [6, 6.07) is 6.99. The van der Waals surface area contributed by atoms with E-state index in [2.05, 4.69) is 5.32 Å². The predicted octanol–water partition coefficient (Wildman–Crippen LogP) is 1.30. The van der Waals surface area contributed by atoms with E-state index in [1.807, 2.05) is 0 Å². The number of para-hydroxylation sites is 1. The summed E-state index contributed by atoms with van der Waals surface area (Å²) in [5.74, 6) is -1.05. The lowest BCUT2D eigenvalue weighted by molar-refractivity contribution is -0.142. The molecule has 21 heavy (non-hydrogen) atoms. The predicted molar refractivity (Wildman–Crippen MR) is 75.4 cm³/mol. The van der Waals surface area contributed by atoms with Crippen LogP contribution in [-0.2, 0) is 9.53 Å². The third kappa shape index (κ3) is 3.95. The maximum absolute atomic E-state index is 11.6. The molecule has 0 saturated carbocycles. The Hall–Kier alpha value is -2.08. The van der Waals surface area contributed by atoms with Gasteiger partial charge in [-0.3, -0.25) is 4.79 Å². The van der Waals surface area contributed by atoms with E-state index >= 15 is 0 Å². The molecule has 0 amide bonds. The summed E-state index contributed by atoms with van der Waals surface area (Å²) < 4.78 is 10.4. The van der Waals surface area contributed by atoms with E-state index in [0.29, 0.717) is 30.9 Å². The molecule has 2 atom stereocenters. The van der Waals surface area contributed by atoms with Gasteiger partial charge >= 0.3 is 11.9 Å². The first-order valence-electron chi connectivity index (χ1n) is 6.88. The molecule has 6 nitrogen and oxygen atoms in total. The first-order valence-corrected chi connectivity index (χ1v) is 6.88. The SMILES string of the molecule is COC(=O)c1ccccc1OCC1CCC(C(=O)O)CN1. The van der Waals surface area contributed by atoms with Crippen molar-refractivity contribution >= 4 is 11.9 Å². The van der Waals surface area contributed by atoms with Gasteiger partial charge in [0.15, 0.2) is 0 Å². The van der Waals surface area contributed by atoms with Gasteiger partial charge in [-0.05, 0) is 25.0 Å². The molecule has 6 heteroatoms. The molecule has 114 valence electrons. The molecule has 1 heterocycles. The van der Waals surface area contributed by atoms with Crippen LogP contribution in [-0.4, -0.2) is 43.3 Å². The Kier molecular flexibility index (Phi) is 5.16. The van der Waals surface area contributed by atoms with Crippen LogP contribution >= 0.6 is 0 Å². The van der Waals surface area contributed by atoms with Crippen molar-refractivity contribution in [1.82, 2.24) is 5.32 Å². The highest BCUT2D eigenvalue weighted by molar-refractivity contribution is 5.92. The fourth-order valence-electron chi connectivity index (χ4n) is 2.33. The molecule has 1 fully saturated rings. The molecule has 0 aliphatic carbocycles. The Morgan fingerprint density at radius 3 is 2.71 bits per heavy atom. The number of carbonyl (C=O) groups excluding carboxylic acids is 1. The number of hydrogen-bond donors (Lipinski definition) is 2. The number of carboxylic acid groups (broad SMARTS) is 1. The third-order valence-electron chi connectivity index (χ3n) is 3.60. The average Bonchev–Trinajstić information content (AvgIpc) is 2.52. The molecule has 2 N–H and O–H groups in total. The number of aliphatic carboxylic acids is 1. The van der Waals surface area contributed by atoms with Gasteiger partial charge in [-0.2, -0.15) is 0 Å². The summed E-state index contributed by atoms with van der Waals surface area (Å²) in [6.45, 7) is 0.836. The summed E-state index contributed by atoms with van der Waals surface area (Å²) in [6.07, 6.45) is 1.37. The lowest BCUT2D eigenvalue weighted by Crippen LogP contribution is -2.44. The molecule has 1 aliphatic heterocycles. The minimum atomic E-state index is -0.766. The van der Waals surface area contributed by atoms with E-state index in [1.54, 1.807) is 24.3 Å². The summed E-state index contributed by atoms with van der Waals surface area (Å²) >= 11 is 0. The van der Waals surface area contributed by atoms with Crippen molar-refractivity contribution < 1.29 is 24.2 Å². The lowest BCUT2D eigenvalue weighted by atomic mass is 9.95. The van der Waals surface area contributed by atoms with Crippen LogP contribution in [0.1, 0.15) is 23.2 Å². The van der Waals surface area contributed by atoms with Gasteiger partial charge in [-0.15, -0.1) is 0 Å². The largest absolute Gasteiger partial charge is 0.491 e. The zero-order chi connectivity index (χ0) is 15.2. The fourth-order valence-corrected chi connectivity index (χ4v) is 2.33. The number of methoxy groups -OCH3 is 1. The topological polar surface area (TPSA) is 84.9 Å². The Bertz CT molecular complexity index is 509. The molecular formula is C15H19NO5. The number of benzene rings is 1. The monoisotopic (exact) mass is 293 g/mol. The van der Waals surface area contributed by atoms with Gasteiger partial charge in [0.2, 0.25) is 0 Å². The van der Waals surface area contributed by atoms with Gasteiger partial charge in [-0.1, -0.05) is 12.1 Å². The second-order valence-electron chi connectivity index (χ2n) is 5.02. The van der Waals surface area contributed by atoms with Crippen LogP contribution in [0.5, 0.6) is 5.75 Å². The van der Waals surface area contributed by atoms with Gasteiger partial charge in [-0.25, -0.2) is 4.79 Å². The van der Waals surface area contributed by atoms with Crippen molar-refractivity contribution in [3.05, 3.63) is 29.8 Å². The van der Waals surface area contributed by atoms with Crippen LogP contribution in [0.2, 0.25) is 0 Å². The molecule has 2 unspecified atom stereocenters. The van der Waals surface area contributed by atoms with Crippen LogP contribution in [0.15, 0.2) is 24.3 Å². The Morgan fingerprint density at radius 2 is 2.10 bits per heavy atom. The standard InChI is InChI=1S/C15H19NO5/c1-20-15(19)12-4-2-3-5-13(12)21-9-11-7-6-10(8-16-11)14(17)18/h2-5,10-11,16H,6-9H2,1H3,(H,17,18). The first-order chi connectivity index (χ1) is 10.1. The minimum Gasteiger partial charge on any atom is -0.491 e. The van der Waals surface area contributed by atoms with Crippen molar-refractivity contribution in [3.63, 3.8) is 0 Å². The number of carbonyl (C=O) groups is 2. The van der Waals surface area contributed by atoms with E-state index in [1.165, 1.54) is 7.11 Å². The second-order valence-corrected chi connectivity index (χ2v) is 5.02. The minimum absolute atomic E-state index is 0.0892. The highest BCUT2D eigenvalue weighted by Gasteiger charge is 2.26. The number of rotatable bonds is 5. The molecule has 0 radical (unpaired) electrons. The maximum atomic E-state index is 11.6. The van der Waals surface area contributed by atoms with E-state index in [4.69, 9.17) is 14.6 Å². The quantitative estimate of drug-likeness (QED) is 0.796. The molecule has 1 saturated heterocycles. The van der Waals surface area contributed by atoms with Crippen LogP contribution in [0.25, 0.3) is 0 Å². The number of piperidine rings is 1. The Balaban J connectivity index is 1.90. The molecule has 1 aromatic carbocycles. The summed E-state index contributed by atoms with van der Waals surface area (Å²) in [7, 11) is 1.33. The highest BCUT2D eigenvalue weighted by atomic mass is 16.5. The van der Waals surface area contributed by atoms with Crippen LogP contribution in [0, 0.1) is 5.92 Å². The van der Waals surface area contributed by atoms with Crippen molar-refractivity contribution in [3.8, 4) is 5.75 Å². The summed E-state index contributed by atoms with van der Waals surface area (Å²) in [5.41, 5.74) is 0.388. The van der Waals surface area contributed by atoms with Crippen molar-refractivity contribution in [2.45, 2.75) is 18.9 Å². The first kappa shape index (κ1) is 15.3. The molecule has 2 rings (SSSR count). The van der Waals surface area contributed by atoms with Gasteiger partial charge in [0.05, 0.1) is 13.0 Å². The summed E-state index contributed by atoms with van der Waals surface area (Å²) in [4.78, 5) is 22.5. The smallest absolute Gasteiger partial charge is 0.341 e. The second kappa shape index (κ2) is 7.08. The van der Waals surface area contributed by atoms with Crippen LogP contribution in [0.3, 0.4) is 0 Å². The van der Waals surface area contributed by atoms with Gasteiger partial charge in [0.1, 0.15) is 17.9 Å². The molecule has 0 aromatic heterocycles. The fraction of sp³-hybridized carbons (Fsp3) is 0.467. The van der Waals surface area contributed by atoms with E-state index in [-0.39, 0.29) is 12.0 Å². The summed E-state index contributed by atoms with van der Waals surface area (Å²) in [5, 5.41) is 12.1.